The maximum absolute atomic E-state index is 13.0. The number of sulfone groups is 1. The summed E-state index contributed by atoms with van der Waals surface area (Å²) in [6.07, 6.45) is 3.55. The topological polar surface area (TPSA) is 80.3 Å². The van der Waals surface area contributed by atoms with Crippen molar-refractivity contribution in [3.8, 4) is 0 Å². The van der Waals surface area contributed by atoms with Gasteiger partial charge in [-0.05, 0) is 47.5 Å². The molecule has 0 radical (unpaired) electrons. The van der Waals surface area contributed by atoms with Gasteiger partial charge in [0.15, 0.2) is 0 Å². The monoisotopic (exact) mass is 407 g/mol. The molecule has 7 heteroatoms. The minimum Gasteiger partial charge on any atom is -0.288 e. The minimum absolute atomic E-state index is 0.0111. The molecule has 0 fully saturated rings. The summed E-state index contributed by atoms with van der Waals surface area (Å²) < 4.78 is 39.0. The zero-order valence-electron chi connectivity index (χ0n) is 14.9. The van der Waals surface area contributed by atoms with Gasteiger partial charge in [-0.25, -0.2) is 12.8 Å². The van der Waals surface area contributed by atoms with Crippen LogP contribution < -0.4 is 5.32 Å². The number of nitrogens with one attached hydrogen (secondary N) is 1. The zero-order valence-corrected chi connectivity index (χ0v) is 15.7. The second-order valence-corrected chi connectivity index (χ2v) is 8.34. The fraction of sp³-hybridized carbons (Fsp3) is 0. The van der Waals surface area contributed by atoms with E-state index in [9.17, 15) is 22.4 Å². The Labute approximate surface area is 166 Å². The van der Waals surface area contributed by atoms with Gasteiger partial charge in [0.25, 0.3) is 11.8 Å². The summed E-state index contributed by atoms with van der Waals surface area (Å²) >= 11 is 0. The van der Waals surface area contributed by atoms with Gasteiger partial charge in [-0.3, -0.25) is 14.9 Å². The van der Waals surface area contributed by atoms with Crippen LogP contribution in [0.4, 0.5) is 4.39 Å². The van der Waals surface area contributed by atoms with Crippen LogP contribution in [0.1, 0.15) is 31.8 Å². The van der Waals surface area contributed by atoms with Gasteiger partial charge < -0.3 is 0 Å². The second kappa shape index (κ2) is 7.10. The number of hydrogen-bond donors (Lipinski definition) is 1. The molecule has 2 amide bonds. The van der Waals surface area contributed by atoms with Crippen LogP contribution in [-0.4, -0.2) is 20.2 Å². The summed E-state index contributed by atoms with van der Waals surface area (Å²) in [5, 5.41) is 2.12. The first-order chi connectivity index (χ1) is 13.9. The average Bonchev–Trinajstić information content (AvgIpc) is 3.02. The molecular weight excluding hydrogens is 393 g/mol. The molecule has 144 valence electrons. The van der Waals surface area contributed by atoms with Crippen LogP contribution in [0.2, 0.25) is 0 Å². The van der Waals surface area contributed by atoms with Crippen LogP contribution in [0.5, 0.6) is 0 Å². The van der Waals surface area contributed by atoms with Crippen LogP contribution >= 0.6 is 0 Å². The third kappa shape index (κ3) is 3.48. The molecule has 5 nitrogen and oxygen atoms in total. The molecule has 0 bridgehead atoms. The molecule has 1 aliphatic heterocycles. The minimum atomic E-state index is -3.99. The van der Waals surface area contributed by atoms with Crippen molar-refractivity contribution >= 4 is 33.8 Å². The quantitative estimate of drug-likeness (QED) is 0.528. The fourth-order valence-corrected chi connectivity index (χ4v) is 4.54. The number of amides is 2. The molecule has 3 aromatic carbocycles. The Kier molecular flexibility index (Phi) is 4.60. The van der Waals surface area contributed by atoms with Gasteiger partial charge in [0.2, 0.25) is 9.84 Å². The smallest absolute Gasteiger partial charge is 0.260 e. The highest BCUT2D eigenvalue weighted by Crippen LogP contribution is 2.29. The van der Waals surface area contributed by atoms with Gasteiger partial charge in [0, 0.05) is 0 Å². The van der Waals surface area contributed by atoms with E-state index in [0.717, 1.165) is 11.1 Å². The molecule has 0 aliphatic carbocycles. The Hall–Kier alpha value is -3.58. The number of fused-ring (bicyclic) bond motifs is 1. The molecule has 29 heavy (non-hydrogen) atoms. The summed E-state index contributed by atoms with van der Waals surface area (Å²) in [5.41, 5.74) is 1.48. The van der Waals surface area contributed by atoms with Crippen molar-refractivity contribution < 1.29 is 22.4 Å². The number of carbonyl (C=O) groups is 2. The third-order valence-electron chi connectivity index (χ3n) is 4.54. The highest BCUT2D eigenvalue weighted by atomic mass is 32.2. The molecular formula is C22H14FNO4S. The molecule has 0 atom stereocenters. The Morgan fingerprint density at radius 2 is 1.34 bits per heavy atom. The van der Waals surface area contributed by atoms with Crippen LogP contribution in [0.3, 0.4) is 0 Å². The Bertz CT molecular complexity index is 1260. The maximum atomic E-state index is 13.0. The standard InChI is InChI=1S/C22H14FNO4S/c23-16-10-6-14(7-11-16)4-5-15-8-12-17(13-9-15)29(27,28)19-3-1-2-18-20(19)22(26)24-21(18)25/h1-13H,(H,24,25,26). The number of carbonyl (C=O) groups excluding carboxylic acids is 2. The molecule has 3 aromatic rings. The van der Waals surface area contributed by atoms with Gasteiger partial charge in [0.1, 0.15) is 5.82 Å². The number of benzene rings is 3. The highest BCUT2D eigenvalue weighted by Gasteiger charge is 2.34. The number of hydrogen-bond acceptors (Lipinski definition) is 4. The Morgan fingerprint density at radius 1 is 0.759 bits per heavy atom. The predicted octanol–water partition coefficient (Wildman–Crippen LogP) is 3.71. The number of imide groups is 1. The van der Waals surface area contributed by atoms with Gasteiger partial charge >= 0.3 is 0 Å². The van der Waals surface area contributed by atoms with Crippen molar-refractivity contribution in [1.29, 1.82) is 0 Å². The van der Waals surface area contributed by atoms with E-state index in [4.69, 9.17) is 0 Å². The van der Waals surface area contributed by atoms with E-state index in [1.807, 2.05) is 0 Å². The molecule has 0 aromatic heterocycles. The van der Waals surface area contributed by atoms with Crippen molar-refractivity contribution in [2.75, 3.05) is 0 Å². The predicted molar refractivity (Wildman–Crippen MR) is 105 cm³/mol. The fourth-order valence-electron chi connectivity index (χ4n) is 3.06. The first kappa shape index (κ1) is 18.8. The zero-order chi connectivity index (χ0) is 20.6. The van der Waals surface area contributed by atoms with E-state index in [1.165, 1.54) is 42.5 Å². The van der Waals surface area contributed by atoms with E-state index < -0.39 is 21.7 Å². The summed E-state index contributed by atoms with van der Waals surface area (Å²) in [6, 6.07) is 16.3. The number of rotatable bonds is 4. The summed E-state index contributed by atoms with van der Waals surface area (Å²) in [4.78, 5) is 23.6. The Balaban J connectivity index is 1.65. The van der Waals surface area contributed by atoms with Crippen LogP contribution in [0, 0.1) is 5.82 Å². The van der Waals surface area contributed by atoms with E-state index in [0.29, 0.717) is 0 Å². The summed E-state index contributed by atoms with van der Waals surface area (Å²) in [5.74, 6) is -1.65. The van der Waals surface area contributed by atoms with Crippen molar-refractivity contribution in [2.45, 2.75) is 9.79 Å². The van der Waals surface area contributed by atoms with Crippen molar-refractivity contribution in [1.82, 2.24) is 5.32 Å². The second-order valence-electron chi connectivity index (χ2n) is 6.42. The first-order valence-corrected chi connectivity index (χ1v) is 10.1. The largest absolute Gasteiger partial charge is 0.288 e. The summed E-state index contributed by atoms with van der Waals surface area (Å²) in [7, 11) is -3.99. The third-order valence-corrected chi connectivity index (χ3v) is 6.36. The van der Waals surface area contributed by atoms with Crippen molar-refractivity contribution in [2.24, 2.45) is 0 Å². The molecule has 4 rings (SSSR count). The van der Waals surface area contributed by atoms with Gasteiger partial charge in [-0.15, -0.1) is 0 Å². The normalized spacial score (nSPS) is 13.6. The average molecular weight is 407 g/mol. The van der Waals surface area contributed by atoms with Gasteiger partial charge in [0.05, 0.1) is 20.9 Å². The lowest BCUT2D eigenvalue weighted by atomic mass is 10.1. The lowest BCUT2D eigenvalue weighted by Crippen LogP contribution is -2.20. The molecule has 0 saturated heterocycles. The lowest BCUT2D eigenvalue weighted by Gasteiger charge is -2.08. The van der Waals surface area contributed by atoms with Crippen molar-refractivity contribution in [3.63, 3.8) is 0 Å². The molecule has 1 N–H and O–H groups in total. The van der Waals surface area contributed by atoms with E-state index in [-0.39, 0.29) is 26.7 Å². The van der Waals surface area contributed by atoms with Crippen LogP contribution in [0.25, 0.3) is 12.2 Å². The SMILES string of the molecule is O=C1NC(=O)c2c1cccc2S(=O)(=O)c1ccc(C=Cc2ccc(F)cc2)cc1. The molecule has 0 saturated carbocycles. The van der Waals surface area contributed by atoms with E-state index in [1.54, 1.807) is 36.4 Å². The van der Waals surface area contributed by atoms with Gasteiger partial charge in [-0.2, -0.15) is 0 Å². The van der Waals surface area contributed by atoms with E-state index >= 15 is 0 Å². The Morgan fingerprint density at radius 3 is 1.97 bits per heavy atom. The first-order valence-electron chi connectivity index (χ1n) is 8.64. The maximum Gasteiger partial charge on any atom is 0.260 e. The van der Waals surface area contributed by atoms with E-state index in [2.05, 4.69) is 5.32 Å². The highest BCUT2D eigenvalue weighted by molar-refractivity contribution is 7.91. The van der Waals surface area contributed by atoms with Crippen molar-refractivity contribution in [3.05, 3.63) is 94.8 Å². The lowest BCUT2D eigenvalue weighted by molar-refractivity contribution is 0.0878. The van der Waals surface area contributed by atoms with Gasteiger partial charge in [-0.1, -0.05) is 42.5 Å². The molecule has 1 heterocycles. The van der Waals surface area contributed by atoms with Crippen LogP contribution in [-0.2, 0) is 9.84 Å². The molecule has 0 spiro atoms. The molecule has 1 aliphatic rings. The van der Waals surface area contributed by atoms with Crippen LogP contribution in [0.15, 0.2) is 76.5 Å². The summed E-state index contributed by atoms with van der Waals surface area (Å²) in [6.45, 7) is 0. The molecule has 0 unspecified atom stereocenters. The number of halogens is 1.